The van der Waals surface area contributed by atoms with Crippen LogP contribution >= 0.6 is 0 Å². The standard InChI is InChI=1S/C13H19N3O4S/c14-11-6-2-1-5-9-15(10-11)21(19,20)13-8-4-3-7-12(13)16(17)18/h3-4,7-8,11H,1-2,5-6,9-10,14H2. The Balaban J connectivity index is 2.38. The van der Waals surface area contributed by atoms with Crippen molar-refractivity contribution in [3.8, 4) is 0 Å². The molecule has 116 valence electrons. The van der Waals surface area contributed by atoms with Crippen LogP contribution in [0.2, 0.25) is 0 Å². The van der Waals surface area contributed by atoms with Crippen molar-refractivity contribution in [1.29, 1.82) is 0 Å². The van der Waals surface area contributed by atoms with Crippen LogP contribution in [0.15, 0.2) is 29.2 Å². The molecule has 0 aliphatic carbocycles. The second-order valence-corrected chi connectivity index (χ2v) is 7.10. The van der Waals surface area contributed by atoms with Crippen LogP contribution in [-0.4, -0.2) is 36.8 Å². The highest BCUT2D eigenvalue weighted by Crippen LogP contribution is 2.27. The first-order valence-corrected chi connectivity index (χ1v) is 8.36. The summed E-state index contributed by atoms with van der Waals surface area (Å²) in [5.41, 5.74) is 5.53. The van der Waals surface area contributed by atoms with E-state index in [1.54, 1.807) is 0 Å². The predicted octanol–water partition coefficient (Wildman–Crippen LogP) is 1.49. The van der Waals surface area contributed by atoms with Gasteiger partial charge in [-0.2, -0.15) is 4.31 Å². The molecule has 0 bridgehead atoms. The second-order valence-electron chi connectivity index (χ2n) is 5.20. The number of hydrogen-bond acceptors (Lipinski definition) is 5. The number of nitro groups is 1. The van der Waals surface area contributed by atoms with Crippen molar-refractivity contribution in [3.63, 3.8) is 0 Å². The lowest BCUT2D eigenvalue weighted by Crippen LogP contribution is -2.42. The quantitative estimate of drug-likeness (QED) is 0.672. The number of benzene rings is 1. The molecule has 1 aromatic carbocycles. The lowest BCUT2D eigenvalue weighted by molar-refractivity contribution is -0.387. The van der Waals surface area contributed by atoms with Gasteiger partial charge in [-0.25, -0.2) is 8.42 Å². The second kappa shape index (κ2) is 6.50. The Hall–Kier alpha value is -1.51. The number of nitrogens with zero attached hydrogens (tertiary/aromatic N) is 2. The van der Waals surface area contributed by atoms with Gasteiger partial charge in [0.05, 0.1) is 4.92 Å². The van der Waals surface area contributed by atoms with E-state index < -0.39 is 20.6 Å². The van der Waals surface area contributed by atoms with Gasteiger partial charge in [0.15, 0.2) is 4.90 Å². The summed E-state index contributed by atoms with van der Waals surface area (Å²) < 4.78 is 26.7. The minimum Gasteiger partial charge on any atom is -0.327 e. The first kappa shape index (κ1) is 15.9. The fraction of sp³-hybridized carbons (Fsp3) is 0.538. The van der Waals surface area contributed by atoms with Gasteiger partial charge < -0.3 is 5.73 Å². The van der Waals surface area contributed by atoms with Gasteiger partial charge in [0.1, 0.15) is 0 Å². The van der Waals surface area contributed by atoms with Gasteiger partial charge in [0, 0.05) is 25.2 Å². The van der Waals surface area contributed by atoms with Crippen LogP contribution in [0.5, 0.6) is 0 Å². The highest BCUT2D eigenvalue weighted by molar-refractivity contribution is 7.89. The van der Waals surface area contributed by atoms with Crippen molar-refractivity contribution in [3.05, 3.63) is 34.4 Å². The smallest absolute Gasteiger partial charge is 0.289 e. The Bertz CT molecular complexity index is 618. The highest BCUT2D eigenvalue weighted by Gasteiger charge is 2.32. The lowest BCUT2D eigenvalue weighted by atomic mass is 10.1. The Morgan fingerprint density at radius 3 is 2.67 bits per heavy atom. The predicted molar refractivity (Wildman–Crippen MR) is 78.3 cm³/mol. The summed E-state index contributed by atoms with van der Waals surface area (Å²) in [5.74, 6) is 0. The van der Waals surface area contributed by atoms with E-state index in [9.17, 15) is 18.5 Å². The molecule has 1 aromatic rings. The van der Waals surface area contributed by atoms with Gasteiger partial charge in [0.25, 0.3) is 5.69 Å². The van der Waals surface area contributed by atoms with Crippen LogP contribution in [0.3, 0.4) is 0 Å². The van der Waals surface area contributed by atoms with Crippen LogP contribution in [0.1, 0.15) is 25.7 Å². The van der Waals surface area contributed by atoms with E-state index in [1.807, 2.05) is 0 Å². The van der Waals surface area contributed by atoms with Gasteiger partial charge in [0.2, 0.25) is 10.0 Å². The first-order valence-electron chi connectivity index (χ1n) is 6.92. The molecule has 21 heavy (non-hydrogen) atoms. The zero-order chi connectivity index (χ0) is 15.5. The molecule has 0 amide bonds. The van der Waals surface area contributed by atoms with Crippen molar-refractivity contribution >= 4 is 15.7 Å². The van der Waals surface area contributed by atoms with E-state index in [0.29, 0.717) is 6.54 Å². The van der Waals surface area contributed by atoms with Crippen molar-refractivity contribution in [2.75, 3.05) is 13.1 Å². The molecule has 2 rings (SSSR count). The molecule has 0 saturated carbocycles. The molecule has 0 spiro atoms. The van der Waals surface area contributed by atoms with Crippen molar-refractivity contribution in [2.45, 2.75) is 36.6 Å². The summed E-state index contributed by atoms with van der Waals surface area (Å²) in [6.45, 7) is 0.552. The third-order valence-corrected chi connectivity index (χ3v) is 5.51. The Morgan fingerprint density at radius 2 is 1.95 bits per heavy atom. The summed E-state index contributed by atoms with van der Waals surface area (Å²) in [5, 5.41) is 11.0. The van der Waals surface area contributed by atoms with Gasteiger partial charge in [-0.3, -0.25) is 10.1 Å². The molecule has 1 aliphatic rings. The maximum Gasteiger partial charge on any atom is 0.289 e. The Morgan fingerprint density at radius 1 is 1.24 bits per heavy atom. The van der Waals surface area contributed by atoms with Crippen LogP contribution in [0, 0.1) is 10.1 Å². The summed E-state index contributed by atoms with van der Waals surface area (Å²) >= 11 is 0. The zero-order valence-electron chi connectivity index (χ0n) is 11.6. The van der Waals surface area contributed by atoms with E-state index >= 15 is 0 Å². The van der Waals surface area contributed by atoms with Crippen LogP contribution in [-0.2, 0) is 10.0 Å². The monoisotopic (exact) mass is 313 g/mol. The minimum atomic E-state index is -3.90. The summed E-state index contributed by atoms with van der Waals surface area (Å²) in [7, 11) is -3.90. The average Bonchev–Trinajstić information content (AvgIpc) is 2.42. The van der Waals surface area contributed by atoms with Crippen LogP contribution in [0.4, 0.5) is 5.69 Å². The molecule has 1 fully saturated rings. The maximum absolute atomic E-state index is 12.7. The summed E-state index contributed by atoms with van der Waals surface area (Å²) in [4.78, 5) is 10.1. The van der Waals surface area contributed by atoms with Crippen molar-refractivity contribution in [2.24, 2.45) is 5.73 Å². The number of rotatable bonds is 3. The van der Waals surface area contributed by atoms with Gasteiger partial charge in [-0.15, -0.1) is 0 Å². The van der Waals surface area contributed by atoms with Crippen molar-refractivity contribution in [1.82, 2.24) is 4.31 Å². The average molecular weight is 313 g/mol. The molecular formula is C13H19N3O4S. The normalized spacial score (nSPS) is 21.5. The molecule has 1 unspecified atom stereocenters. The molecule has 1 saturated heterocycles. The third kappa shape index (κ3) is 3.58. The zero-order valence-corrected chi connectivity index (χ0v) is 12.5. The van der Waals surface area contributed by atoms with Crippen molar-refractivity contribution < 1.29 is 13.3 Å². The first-order chi connectivity index (χ1) is 9.93. The van der Waals surface area contributed by atoms with Crippen LogP contribution in [0.25, 0.3) is 0 Å². The van der Waals surface area contributed by atoms with E-state index in [-0.39, 0.29) is 17.5 Å². The molecule has 1 heterocycles. The van der Waals surface area contributed by atoms with E-state index in [2.05, 4.69) is 0 Å². The maximum atomic E-state index is 12.7. The SMILES string of the molecule is NC1CCCCCN(S(=O)(=O)c2ccccc2[N+](=O)[O-])C1. The molecule has 0 radical (unpaired) electrons. The molecule has 2 N–H and O–H groups in total. The number of para-hydroxylation sites is 1. The number of nitrogens with two attached hydrogens (primary N) is 1. The summed E-state index contributed by atoms with van der Waals surface area (Å²) in [6.07, 6.45) is 3.41. The third-order valence-electron chi connectivity index (χ3n) is 3.60. The number of sulfonamides is 1. The molecule has 0 aromatic heterocycles. The fourth-order valence-corrected chi connectivity index (χ4v) is 4.19. The largest absolute Gasteiger partial charge is 0.327 e. The van der Waals surface area contributed by atoms with E-state index in [1.165, 1.54) is 28.6 Å². The van der Waals surface area contributed by atoms with Gasteiger partial charge in [-0.1, -0.05) is 25.0 Å². The Labute approximate surface area is 123 Å². The lowest BCUT2D eigenvalue weighted by Gasteiger charge is -2.27. The van der Waals surface area contributed by atoms with Gasteiger partial charge >= 0.3 is 0 Å². The Kier molecular flexibility index (Phi) is 4.92. The topological polar surface area (TPSA) is 107 Å². The van der Waals surface area contributed by atoms with E-state index in [0.717, 1.165) is 25.7 Å². The van der Waals surface area contributed by atoms with E-state index in [4.69, 9.17) is 5.73 Å². The van der Waals surface area contributed by atoms with Gasteiger partial charge in [-0.05, 0) is 18.9 Å². The molecule has 8 heteroatoms. The minimum absolute atomic E-state index is 0.203. The molecule has 1 atom stereocenters. The molecule has 7 nitrogen and oxygen atoms in total. The number of hydrogen-bond donors (Lipinski definition) is 1. The molecule has 1 aliphatic heterocycles. The number of nitro benzene ring substituents is 1. The molecular weight excluding hydrogens is 294 g/mol. The summed E-state index contributed by atoms with van der Waals surface area (Å²) in [6, 6.07) is 5.19. The highest BCUT2D eigenvalue weighted by atomic mass is 32.2. The fourth-order valence-electron chi connectivity index (χ4n) is 2.50. The van der Waals surface area contributed by atoms with Crippen LogP contribution < -0.4 is 5.73 Å².